The van der Waals surface area contributed by atoms with Crippen LogP contribution >= 0.6 is 0 Å². The molecule has 2 fully saturated rings. The highest BCUT2D eigenvalue weighted by Gasteiger charge is 2.31. The Kier molecular flexibility index (Phi) is 5.88. The van der Waals surface area contributed by atoms with Crippen molar-refractivity contribution >= 4 is 0 Å². The molecule has 20 heavy (non-hydrogen) atoms. The summed E-state index contributed by atoms with van der Waals surface area (Å²) < 4.78 is 0. The molecule has 3 atom stereocenters. The van der Waals surface area contributed by atoms with Crippen LogP contribution in [-0.2, 0) is 0 Å². The van der Waals surface area contributed by atoms with Crippen molar-refractivity contribution < 1.29 is 5.11 Å². The average Bonchev–Trinajstić information content (AvgIpc) is 3.22. The summed E-state index contributed by atoms with van der Waals surface area (Å²) in [4.78, 5) is 2.56. The maximum absolute atomic E-state index is 9.63. The Morgan fingerprint density at radius 1 is 1.25 bits per heavy atom. The summed E-state index contributed by atoms with van der Waals surface area (Å²) in [5.74, 6) is 0.899. The molecule has 0 heterocycles. The number of hydrogen-bond acceptors (Lipinski definition) is 3. The Morgan fingerprint density at radius 2 is 2.00 bits per heavy atom. The molecule has 0 saturated heterocycles. The first-order valence-electron chi connectivity index (χ1n) is 8.61. The minimum Gasteiger partial charge on any atom is -0.394 e. The van der Waals surface area contributed by atoms with Gasteiger partial charge in [0.05, 0.1) is 6.61 Å². The van der Waals surface area contributed by atoms with Gasteiger partial charge in [-0.1, -0.05) is 19.8 Å². The minimum absolute atomic E-state index is 0.0676. The van der Waals surface area contributed by atoms with Gasteiger partial charge in [0.2, 0.25) is 0 Å². The Morgan fingerprint density at radius 3 is 2.60 bits per heavy atom. The van der Waals surface area contributed by atoms with Crippen molar-refractivity contribution in [1.29, 1.82) is 0 Å². The fourth-order valence-corrected chi connectivity index (χ4v) is 3.62. The summed E-state index contributed by atoms with van der Waals surface area (Å²) in [5, 5.41) is 13.2. The monoisotopic (exact) mass is 282 g/mol. The largest absolute Gasteiger partial charge is 0.394 e. The van der Waals surface area contributed by atoms with Gasteiger partial charge < -0.3 is 15.3 Å². The van der Waals surface area contributed by atoms with Gasteiger partial charge in [-0.2, -0.15) is 0 Å². The van der Waals surface area contributed by atoms with E-state index in [1.165, 1.54) is 51.5 Å². The van der Waals surface area contributed by atoms with Crippen LogP contribution < -0.4 is 5.32 Å². The number of nitrogens with one attached hydrogen (secondary N) is 1. The smallest absolute Gasteiger partial charge is 0.0610 e. The Bertz CT molecular complexity index is 293. The van der Waals surface area contributed by atoms with Gasteiger partial charge in [0.1, 0.15) is 0 Å². The summed E-state index contributed by atoms with van der Waals surface area (Å²) in [6, 6.07) is 1.46. The van der Waals surface area contributed by atoms with Crippen molar-refractivity contribution in [3.8, 4) is 0 Å². The first-order chi connectivity index (χ1) is 9.52. The molecule has 0 aromatic carbocycles. The van der Waals surface area contributed by atoms with E-state index in [0.29, 0.717) is 6.04 Å². The number of hydrogen-bond donors (Lipinski definition) is 2. The van der Waals surface area contributed by atoms with Crippen LogP contribution in [0.3, 0.4) is 0 Å². The van der Waals surface area contributed by atoms with Crippen LogP contribution in [0.15, 0.2) is 0 Å². The van der Waals surface area contributed by atoms with Crippen molar-refractivity contribution in [1.82, 2.24) is 10.2 Å². The maximum Gasteiger partial charge on any atom is 0.0610 e. The molecule has 2 aliphatic rings. The second-order valence-corrected chi connectivity index (χ2v) is 7.65. The summed E-state index contributed by atoms with van der Waals surface area (Å²) >= 11 is 0. The lowest BCUT2D eigenvalue weighted by atomic mass is 9.86. The minimum atomic E-state index is -0.0676. The topological polar surface area (TPSA) is 35.5 Å². The third-order valence-corrected chi connectivity index (χ3v) is 5.25. The number of rotatable bonds is 8. The van der Waals surface area contributed by atoms with Crippen molar-refractivity contribution in [2.24, 2.45) is 5.92 Å². The molecular weight excluding hydrogens is 248 g/mol. The van der Waals surface area contributed by atoms with Crippen molar-refractivity contribution in [2.75, 3.05) is 20.2 Å². The number of aliphatic hydroxyl groups is 1. The van der Waals surface area contributed by atoms with E-state index in [2.05, 4.69) is 31.1 Å². The van der Waals surface area contributed by atoms with E-state index in [9.17, 15) is 5.11 Å². The summed E-state index contributed by atoms with van der Waals surface area (Å²) in [6.45, 7) is 5.99. The van der Waals surface area contributed by atoms with Crippen LogP contribution in [0, 0.1) is 5.92 Å². The lowest BCUT2D eigenvalue weighted by Gasteiger charge is -2.35. The van der Waals surface area contributed by atoms with E-state index in [0.717, 1.165) is 18.4 Å². The highest BCUT2D eigenvalue weighted by atomic mass is 16.3. The molecule has 0 spiro atoms. The van der Waals surface area contributed by atoms with Crippen molar-refractivity contribution in [3.05, 3.63) is 0 Å². The second-order valence-electron chi connectivity index (χ2n) is 7.65. The normalized spacial score (nSPS) is 30.4. The predicted octanol–water partition coefficient (Wildman–Crippen LogP) is 2.78. The SMILES string of the molecule is CC1CCCC(N(C)CCCC(C)(CO)NC2CC2)C1. The van der Waals surface area contributed by atoms with E-state index in [-0.39, 0.29) is 12.1 Å². The zero-order valence-electron chi connectivity index (χ0n) is 13.7. The lowest BCUT2D eigenvalue weighted by molar-refractivity contribution is 0.137. The number of nitrogens with zero attached hydrogens (tertiary/aromatic N) is 1. The fraction of sp³-hybridized carbons (Fsp3) is 1.00. The molecule has 2 aliphatic carbocycles. The van der Waals surface area contributed by atoms with Gasteiger partial charge in [0, 0.05) is 17.6 Å². The predicted molar refractivity (Wildman–Crippen MR) is 84.9 cm³/mol. The van der Waals surface area contributed by atoms with Gasteiger partial charge in [0.15, 0.2) is 0 Å². The van der Waals surface area contributed by atoms with Crippen LogP contribution in [0.1, 0.15) is 65.2 Å². The molecule has 0 aliphatic heterocycles. The molecule has 0 amide bonds. The van der Waals surface area contributed by atoms with Gasteiger partial charge in [-0.3, -0.25) is 0 Å². The molecule has 0 aromatic rings. The van der Waals surface area contributed by atoms with E-state index in [4.69, 9.17) is 0 Å². The van der Waals surface area contributed by atoms with E-state index < -0.39 is 0 Å². The first-order valence-corrected chi connectivity index (χ1v) is 8.61. The van der Waals surface area contributed by atoms with Crippen molar-refractivity contribution in [3.63, 3.8) is 0 Å². The molecule has 2 saturated carbocycles. The highest BCUT2D eigenvalue weighted by molar-refractivity contribution is 4.92. The van der Waals surface area contributed by atoms with Crippen molar-refractivity contribution in [2.45, 2.75) is 82.8 Å². The molecule has 3 heteroatoms. The highest BCUT2D eigenvalue weighted by Crippen LogP contribution is 2.28. The molecule has 0 aromatic heterocycles. The molecule has 2 N–H and O–H groups in total. The van der Waals surface area contributed by atoms with Crippen LogP contribution in [0.2, 0.25) is 0 Å². The lowest BCUT2D eigenvalue weighted by Crippen LogP contribution is -2.47. The quantitative estimate of drug-likeness (QED) is 0.718. The zero-order chi connectivity index (χ0) is 14.6. The van der Waals surface area contributed by atoms with Gasteiger partial charge in [-0.05, 0) is 65.0 Å². The number of aliphatic hydroxyl groups excluding tert-OH is 1. The van der Waals surface area contributed by atoms with Crippen LogP contribution in [0.5, 0.6) is 0 Å². The molecule has 3 unspecified atom stereocenters. The zero-order valence-corrected chi connectivity index (χ0v) is 13.7. The van der Waals surface area contributed by atoms with Crippen LogP contribution in [0.25, 0.3) is 0 Å². The molecule has 2 rings (SSSR count). The third-order valence-electron chi connectivity index (χ3n) is 5.25. The van der Waals surface area contributed by atoms with Gasteiger partial charge in [-0.25, -0.2) is 0 Å². The van der Waals surface area contributed by atoms with E-state index in [1.54, 1.807) is 0 Å². The Hall–Kier alpha value is -0.120. The standard InChI is InChI=1S/C17H34N2O/c1-14-6-4-7-16(12-14)19(3)11-5-10-17(2,13-20)18-15-8-9-15/h14-16,18,20H,4-13H2,1-3H3. The van der Waals surface area contributed by atoms with E-state index in [1.807, 2.05) is 0 Å². The average molecular weight is 282 g/mol. The third kappa shape index (κ3) is 5.01. The second kappa shape index (κ2) is 7.24. The molecular formula is C17H34N2O. The van der Waals surface area contributed by atoms with E-state index >= 15 is 0 Å². The summed E-state index contributed by atoms with van der Waals surface area (Å²) in [5.41, 5.74) is -0.0676. The van der Waals surface area contributed by atoms with Crippen LogP contribution in [-0.4, -0.2) is 47.8 Å². The Balaban J connectivity index is 1.68. The van der Waals surface area contributed by atoms with Gasteiger partial charge >= 0.3 is 0 Å². The summed E-state index contributed by atoms with van der Waals surface area (Å²) in [7, 11) is 2.29. The van der Waals surface area contributed by atoms with Crippen LogP contribution in [0.4, 0.5) is 0 Å². The molecule has 0 radical (unpaired) electrons. The maximum atomic E-state index is 9.63. The summed E-state index contributed by atoms with van der Waals surface area (Å²) in [6.07, 6.45) is 10.4. The fourth-order valence-electron chi connectivity index (χ4n) is 3.62. The first kappa shape index (κ1) is 16.3. The molecule has 0 bridgehead atoms. The molecule has 118 valence electrons. The van der Waals surface area contributed by atoms with Gasteiger partial charge in [0.25, 0.3) is 0 Å². The Labute approximate surface area is 125 Å². The molecule has 3 nitrogen and oxygen atoms in total. The van der Waals surface area contributed by atoms with Gasteiger partial charge in [-0.15, -0.1) is 0 Å².